The second-order valence-corrected chi connectivity index (χ2v) is 5.87. The number of aryl methyl sites for hydroxylation is 1. The third kappa shape index (κ3) is 4.01. The molecule has 3 heterocycles. The molecule has 0 aromatic carbocycles. The third-order valence-corrected chi connectivity index (χ3v) is 4.08. The van der Waals surface area contributed by atoms with Crippen LogP contribution in [0.1, 0.15) is 30.8 Å². The lowest BCUT2D eigenvalue weighted by molar-refractivity contribution is -0.121. The monoisotopic (exact) mass is 328 g/mol. The molecule has 1 atom stereocenters. The fraction of sp³-hybridized carbons (Fsp3) is 0.250. The number of pyridine rings is 1. The van der Waals surface area contributed by atoms with Crippen molar-refractivity contribution in [2.45, 2.75) is 25.8 Å². The molecule has 0 saturated heterocycles. The Morgan fingerprint density at radius 1 is 1.35 bits per heavy atom. The number of hydrogen-bond donors (Lipinski definition) is 1. The van der Waals surface area contributed by atoms with E-state index < -0.39 is 0 Å². The second kappa shape index (κ2) is 7.15. The van der Waals surface area contributed by atoms with Crippen molar-refractivity contribution in [3.05, 3.63) is 52.8 Å². The fourth-order valence-corrected chi connectivity index (χ4v) is 2.77. The minimum Gasteiger partial charge on any atom is -0.350 e. The molecule has 23 heavy (non-hydrogen) atoms. The molecule has 0 fully saturated rings. The number of nitrogens with one attached hydrogen (secondary N) is 1. The lowest BCUT2D eigenvalue weighted by Crippen LogP contribution is -2.26. The normalized spacial score (nSPS) is 12.0. The molecule has 1 N–H and O–H groups in total. The molecule has 6 nitrogen and oxygen atoms in total. The molecule has 7 heteroatoms. The lowest BCUT2D eigenvalue weighted by Gasteiger charge is -2.13. The quantitative estimate of drug-likeness (QED) is 0.752. The Hall–Kier alpha value is -2.54. The van der Waals surface area contributed by atoms with E-state index in [2.05, 4.69) is 20.4 Å². The Bertz CT molecular complexity index is 756. The molecule has 0 aliphatic carbocycles. The van der Waals surface area contributed by atoms with Gasteiger partial charge in [0, 0.05) is 36.2 Å². The van der Waals surface area contributed by atoms with Crippen LogP contribution in [0.5, 0.6) is 0 Å². The Morgan fingerprint density at radius 3 is 2.91 bits per heavy atom. The van der Waals surface area contributed by atoms with Gasteiger partial charge in [0.2, 0.25) is 17.6 Å². The number of hydrogen-bond acceptors (Lipinski definition) is 6. The van der Waals surface area contributed by atoms with Gasteiger partial charge in [-0.2, -0.15) is 16.3 Å². The van der Waals surface area contributed by atoms with Crippen LogP contribution in [0.2, 0.25) is 0 Å². The van der Waals surface area contributed by atoms with E-state index in [0.29, 0.717) is 24.6 Å². The van der Waals surface area contributed by atoms with Crippen LogP contribution in [-0.4, -0.2) is 21.0 Å². The summed E-state index contributed by atoms with van der Waals surface area (Å²) in [5, 5.41) is 10.8. The summed E-state index contributed by atoms with van der Waals surface area (Å²) in [6, 6.07) is 5.64. The molecule has 1 amide bonds. The number of carbonyl (C=O) groups excluding carboxylic acids is 1. The zero-order chi connectivity index (χ0) is 16.1. The SMILES string of the molecule is C[C@@H](NC(=O)CCc1nc(-c2ccsc2)no1)c1ccncc1. The maximum Gasteiger partial charge on any atom is 0.227 e. The van der Waals surface area contributed by atoms with Crippen molar-refractivity contribution in [3.63, 3.8) is 0 Å². The Morgan fingerprint density at radius 2 is 2.17 bits per heavy atom. The van der Waals surface area contributed by atoms with Crippen LogP contribution in [0.4, 0.5) is 0 Å². The van der Waals surface area contributed by atoms with Crippen LogP contribution in [0, 0.1) is 0 Å². The zero-order valence-electron chi connectivity index (χ0n) is 12.6. The first-order valence-corrected chi connectivity index (χ1v) is 8.21. The smallest absolute Gasteiger partial charge is 0.227 e. The summed E-state index contributed by atoms with van der Waals surface area (Å²) >= 11 is 1.58. The van der Waals surface area contributed by atoms with Crippen molar-refractivity contribution in [2.24, 2.45) is 0 Å². The number of aromatic nitrogens is 3. The minimum atomic E-state index is -0.0606. The van der Waals surface area contributed by atoms with Gasteiger partial charge < -0.3 is 9.84 Å². The average molecular weight is 328 g/mol. The second-order valence-electron chi connectivity index (χ2n) is 5.09. The molecule has 118 valence electrons. The van der Waals surface area contributed by atoms with Crippen LogP contribution in [0.25, 0.3) is 11.4 Å². The molecule has 0 spiro atoms. The fourth-order valence-electron chi connectivity index (χ4n) is 2.13. The molecule has 0 bridgehead atoms. The number of rotatable bonds is 6. The van der Waals surface area contributed by atoms with Crippen LogP contribution >= 0.6 is 11.3 Å². The van der Waals surface area contributed by atoms with Crippen LogP contribution in [0.3, 0.4) is 0 Å². The molecule has 0 aliphatic heterocycles. The van der Waals surface area contributed by atoms with E-state index in [9.17, 15) is 4.79 Å². The van der Waals surface area contributed by atoms with Crippen molar-refractivity contribution < 1.29 is 9.32 Å². The standard InChI is InChI=1S/C16H16N4O2S/c1-11(12-4-7-17-8-5-12)18-14(21)2-3-15-19-16(20-22-15)13-6-9-23-10-13/h4-11H,2-3H2,1H3,(H,18,21)/t11-/m1/s1. The Kier molecular flexibility index (Phi) is 4.77. The van der Waals surface area contributed by atoms with Crippen molar-refractivity contribution in [1.82, 2.24) is 20.4 Å². The predicted octanol–water partition coefficient (Wildman–Crippen LogP) is 3.00. The highest BCUT2D eigenvalue weighted by Gasteiger charge is 2.13. The summed E-state index contributed by atoms with van der Waals surface area (Å²) in [5.74, 6) is 0.981. The lowest BCUT2D eigenvalue weighted by atomic mass is 10.1. The first-order chi connectivity index (χ1) is 11.2. The predicted molar refractivity (Wildman–Crippen MR) is 86.7 cm³/mol. The molecular formula is C16H16N4O2S. The summed E-state index contributed by atoms with van der Waals surface area (Å²) in [4.78, 5) is 20.3. The van der Waals surface area contributed by atoms with Gasteiger partial charge in [-0.05, 0) is 36.1 Å². The van der Waals surface area contributed by atoms with Crippen LogP contribution in [0.15, 0.2) is 45.9 Å². The van der Waals surface area contributed by atoms with Crippen LogP contribution < -0.4 is 5.32 Å². The summed E-state index contributed by atoms with van der Waals surface area (Å²) in [7, 11) is 0. The van der Waals surface area contributed by atoms with E-state index in [1.165, 1.54) is 0 Å². The van der Waals surface area contributed by atoms with Crippen molar-refractivity contribution >= 4 is 17.2 Å². The molecule has 0 aliphatic rings. The molecule has 0 radical (unpaired) electrons. The van der Waals surface area contributed by atoms with Crippen LogP contribution in [-0.2, 0) is 11.2 Å². The van der Waals surface area contributed by atoms with E-state index in [4.69, 9.17) is 4.52 Å². The van der Waals surface area contributed by atoms with Crippen molar-refractivity contribution in [1.29, 1.82) is 0 Å². The topological polar surface area (TPSA) is 80.9 Å². The summed E-state index contributed by atoms with van der Waals surface area (Å²) < 4.78 is 5.18. The van der Waals surface area contributed by atoms with E-state index in [1.807, 2.05) is 35.9 Å². The summed E-state index contributed by atoms with van der Waals surface area (Å²) in [6.45, 7) is 1.94. The Balaban J connectivity index is 1.51. The summed E-state index contributed by atoms with van der Waals surface area (Å²) in [6.07, 6.45) is 4.15. The van der Waals surface area contributed by atoms with E-state index in [0.717, 1.165) is 11.1 Å². The van der Waals surface area contributed by atoms with Gasteiger partial charge in [-0.15, -0.1) is 0 Å². The first kappa shape index (κ1) is 15.4. The van der Waals surface area contributed by atoms with Gasteiger partial charge in [0.1, 0.15) is 0 Å². The summed E-state index contributed by atoms with van der Waals surface area (Å²) in [5.41, 5.74) is 1.95. The average Bonchev–Trinajstić information content (AvgIpc) is 3.25. The van der Waals surface area contributed by atoms with E-state index in [-0.39, 0.29) is 11.9 Å². The van der Waals surface area contributed by atoms with Crippen molar-refractivity contribution in [3.8, 4) is 11.4 Å². The Labute approximate surface area is 137 Å². The third-order valence-electron chi connectivity index (χ3n) is 3.40. The number of thiophene rings is 1. The number of amides is 1. The zero-order valence-corrected chi connectivity index (χ0v) is 13.4. The molecule has 3 aromatic heterocycles. The molecule has 3 aromatic rings. The molecule has 0 unspecified atom stereocenters. The highest BCUT2D eigenvalue weighted by Crippen LogP contribution is 2.19. The van der Waals surface area contributed by atoms with E-state index in [1.54, 1.807) is 23.7 Å². The number of carbonyl (C=O) groups is 1. The van der Waals surface area contributed by atoms with Gasteiger partial charge in [-0.1, -0.05) is 5.16 Å². The largest absolute Gasteiger partial charge is 0.350 e. The molecule has 3 rings (SSSR count). The van der Waals surface area contributed by atoms with Gasteiger partial charge in [0.25, 0.3) is 0 Å². The molecule has 0 saturated carbocycles. The van der Waals surface area contributed by atoms with Gasteiger partial charge >= 0.3 is 0 Å². The highest BCUT2D eigenvalue weighted by molar-refractivity contribution is 7.08. The maximum absolute atomic E-state index is 12.0. The van der Waals surface area contributed by atoms with E-state index >= 15 is 0 Å². The van der Waals surface area contributed by atoms with Gasteiger partial charge in [0.05, 0.1) is 6.04 Å². The van der Waals surface area contributed by atoms with Gasteiger partial charge in [-0.25, -0.2) is 0 Å². The molecular weight excluding hydrogens is 312 g/mol. The van der Waals surface area contributed by atoms with Gasteiger partial charge in [0.15, 0.2) is 0 Å². The maximum atomic E-state index is 12.0. The highest BCUT2D eigenvalue weighted by atomic mass is 32.1. The van der Waals surface area contributed by atoms with Crippen molar-refractivity contribution in [2.75, 3.05) is 0 Å². The van der Waals surface area contributed by atoms with Gasteiger partial charge in [-0.3, -0.25) is 9.78 Å². The first-order valence-electron chi connectivity index (χ1n) is 7.27. The number of nitrogens with zero attached hydrogens (tertiary/aromatic N) is 3. The minimum absolute atomic E-state index is 0.0513.